The Morgan fingerprint density at radius 2 is 2.24 bits per heavy atom. The number of anilines is 2. The van der Waals surface area contributed by atoms with Crippen molar-refractivity contribution in [2.45, 2.75) is 32.9 Å². The van der Waals surface area contributed by atoms with Crippen LogP contribution in [0.1, 0.15) is 30.5 Å². The van der Waals surface area contributed by atoms with E-state index < -0.39 is 6.10 Å². The molecular weight excluding hydrogens is 342 g/mol. The number of ether oxygens (including phenoxy) is 1. The third-order valence-electron chi connectivity index (χ3n) is 3.79. The maximum atomic E-state index is 12.5. The summed E-state index contributed by atoms with van der Waals surface area (Å²) in [6.45, 7) is 5.17. The number of hydrogen-bond donors (Lipinski definition) is 2. The van der Waals surface area contributed by atoms with Gasteiger partial charge in [0.1, 0.15) is 17.3 Å². The Morgan fingerprint density at radius 3 is 2.88 bits per heavy atom. The number of nitrogens with zero attached hydrogens (tertiary/aromatic N) is 3. The summed E-state index contributed by atoms with van der Waals surface area (Å²) >= 11 is 1.27. The molecule has 25 heavy (non-hydrogen) atoms. The van der Waals surface area contributed by atoms with Crippen molar-refractivity contribution in [2.24, 2.45) is 5.73 Å². The van der Waals surface area contributed by atoms with Gasteiger partial charge in [0.15, 0.2) is 6.10 Å². The largest absolute Gasteiger partial charge is 0.479 e. The predicted octanol–water partition coefficient (Wildman–Crippen LogP) is 1.62. The van der Waals surface area contributed by atoms with E-state index in [9.17, 15) is 9.59 Å². The second-order valence-corrected chi connectivity index (χ2v) is 7.06. The van der Waals surface area contributed by atoms with E-state index in [1.54, 1.807) is 26.0 Å². The van der Waals surface area contributed by atoms with E-state index in [2.05, 4.69) is 15.5 Å². The first kappa shape index (κ1) is 17.3. The molecule has 1 aromatic heterocycles. The van der Waals surface area contributed by atoms with E-state index in [0.29, 0.717) is 16.6 Å². The lowest BCUT2D eigenvalue weighted by Crippen LogP contribution is -2.47. The van der Waals surface area contributed by atoms with E-state index in [0.717, 1.165) is 10.6 Å². The number of carbonyl (C=O) groups excluding carboxylic acids is 2. The number of hydrogen-bond acceptors (Lipinski definition) is 7. The van der Waals surface area contributed by atoms with Crippen molar-refractivity contribution in [3.05, 3.63) is 28.8 Å². The van der Waals surface area contributed by atoms with Gasteiger partial charge < -0.3 is 10.5 Å². The quantitative estimate of drug-likeness (QED) is 0.856. The van der Waals surface area contributed by atoms with Gasteiger partial charge in [-0.05, 0) is 38.5 Å². The molecule has 132 valence electrons. The number of fused-ring (bicyclic) bond motifs is 1. The number of aryl methyl sites for hydroxylation is 1. The molecule has 0 aliphatic carbocycles. The molecule has 0 spiro atoms. The number of carbonyl (C=O) groups is 2. The van der Waals surface area contributed by atoms with Gasteiger partial charge in [0.2, 0.25) is 11.0 Å². The van der Waals surface area contributed by atoms with Crippen molar-refractivity contribution in [1.29, 1.82) is 0 Å². The topological polar surface area (TPSA) is 110 Å². The van der Waals surface area contributed by atoms with Crippen LogP contribution in [0.3, 0.4) is 0 Å². The van der Waals surface area contributed by atoms with Gasteiger partial charge in [-0.25, -0.2) is 0 Å². The lowest BCUT2D eigenvalue weighted by atomic mass is 10.1. The van der Waals surface area contributed by atoms with Crippen molar-refractivity contribution in [3.8, 4) is 5.75 Å². The standard InChI is InChI=1S/C16H19N5O3S/c1-8(17)11-4-5-13-12(6-11)21(15(23)9(2)24-13)7-14(22)18-16-20-19-10(3)25-16/h4-6,8-9H,7,17H2,1-3H3,(H,18,20,22). The number of rotatable bonds is 4. The molecule has 2 amide bonds. The summed E-state index contributed by atoms with van der Waals surface area (Å²) in [7, 11) is 0. The molecule has 0 radical (unpaired) electrons. The molecule has 2 aromatic rings. The van der Waals surface area contributed by atoms with Crippen LogP contribution >= 0.6 is 11.3 Å². The zero-order chi connectivity index (χ0) is 18.1. The molecule has 3 N–H and O–H groups in total. The van der Waals surface area contributed by atoms with Gasteiger partial charge in [0, 0.05) is 6.04 Å². The monoisotopic (exact) mass is 361 g/mol. The fourth-order valence-electron chi connectivity index (χ4n) is 2.52. The minimum absolute atomic E-state index is 0.138. The van der Waals surface area contributed by atoms with Crippen molar-refractivity contribution >= 4 is 34.0 Å². The van der Waals surface area contributed by atoms with Gasteiger partial charge in [-0.2, -0.15) is 0 Å². The first-order valence-electron chi connectivity index (χ1n) is 7.82. The summed E-state index contributed by atoms with van der Waals surface area (Å²) in [5.74, 6) is -0.0790. The third kappa shape index (κ3) is 3.62. The van der Waals surface area contributed by atoms with Gasteiger partial charge in [-0.3, -0.25) is 19.8 Å². The lowest BCUT2D eigenvalue weighted by molar-refractivity contribution is -0.127. The number of aromatic nitrogens is 2. The molecular formula is C16H19N5O3S. The summed E-state index contributed by atoms with van der Waals surface area (Å²) < 4.78 is 5.63. The number of benzene rings is 1. The summed E-state index contributed by atoms with van der Waals surface area (Å²) in [6, 6.07) is 5.22. The second kappa shape index (κ2) is 6.77. The fourth-order valence-corrected chi connectivity index (χ4v) is 3.13. The molecule has 1 aliphatic rings. The minimum Gasteiger partial charge on any atom is -0.479 e. The van der Waals surface area contributed by atoms with Gasteiger partial charge in [-0.1, -0.05) is 17.4 Å². The maximum Gasteiger partial charge on any atom is 0.268 e. The molecule has 1 aliphatic heterocycles. The van der Waals surface area contributed by atoms with Crippen molar-refractivity contribution in [2.75, 3.05) is 16.8 Å². The molecule has 2 unspecified atom stereocenters. The molecule has 8 nitrogen and oxygen atoms in total. The van der Waals surface area contributed by atoms with Crippen molar-refractivity contribution < 1.29 is 14.3 Å². The Labute approximate surface area is 149 Å². The number of nitrogens with two attached hydrogens (primary N) is 1. The smallest absolute Gasteiger partial charge is 0.268 e. The molecule has 2 atom stereocenters. The average Bonchev–Trinajstić information content (AvgIpc) is 2.96. The Morgan fingerprint density at radius 1 is 1.48 bits per heavy atom. The van der Waals surface area contributed by atoms with Crippen LogP contribution in [0.4, 0.5) is 10.8 Å². The Hall–Kier alpha value is -2.52. The lowest BCUT2D eigenvalue weighted by Gasteiger charge is -2.33. The first-order valence-corrected chi connectivity index (χ1v) is 8.64. The highest BCUT2D eigenvalue weighted by molar-refractivity contribution is 7.15. The molecule has 0 bridgehead atoms. The van der Waals surface area contributed by atoms with Crippen LogP contribution in [0.25, 0.3) is 0 Å². The molecule has 0 fully saturated rings. The van der Waals surface area contributed by atoms with Crippen LogP contribution in [0.15, 0.2) is 18.2 Å². The van der Waals surface area contributed by atoms with Crippen LogP contribution in [-0.4, -0.2) is 34.7 Å². The number of nitrogens with one attached hydrogen (secondary N) is 1. The SMILES string of the molecule is Cc1nnc(NC(=O)CN2C(=O)C(C)Oc3ccc(C(C)N)cc32)s1. The van der Waals surface area contributed by atoms with E-state index in [1.165, 1.54) is 16.2 Å². The van der Waals surface area contributed by atoms with Gasteiger partial charge in [0.25, 0.3) is 5.91 Å². The third-order valence-corrected chi connectivity index (χ3v) is 4.55. The zero-order valence-corrected chi connectivity index (χ0v) is 15.0. The summed E-state index contributed by atoms with van der Waals surface area (Å²) in [6.07, 6.45) is -0.662. The summed E-state index contributed by atoms with van der Waals surface area (Å²) in [4.78, 5) is 26.3. The van der Waals surface area contributed by atoms with E-state index in [-0.39, 0.29) is 24.4 Å². The molecule has 3 rings (SSSR count). The Kier molecular flexibility index (Phi) is 4.69. The molecule has 0 saturated heterocycles. The van der Waals surface area contributed by atoms with E-state index >= 15 is 0 Å². The Balaban J connectivity index is 1.85. The van der Waals surface area contributed by atoms with Crippen LogP contribution in [0.5, 0.6) is 5.75 Å². The predicted molar refractivity (Wildman–Crippen MR) is 94.8 cm³/mol. The molecule has 9 heteroatoms. The van der Waals surface area contributed by atoms with Gasteiger partial charge in [0.05, 0.1) is 5.69 Å². The van der Waals surface area contributed by atoms with Gasteiger partial charge in [-0.15, -0.1) is 10.2 Å². The van der Waals surface area contributed by atoms with Crippen molar-refractivity contribution in [1.82, 2.24) is 10.2 Å². The van der Waals surface area contributed by atoms with Crippen LogP contribution < -0.4 is 20.7 Å². The van der Waals surface area contributed by atoms with Crippen LogP contribution in [-0.2, 0) is 9.59 Å². The first-order chi connectivity index (χ1) is 11.8. The normalized spacial score (nSPS) is 17.7. The zero-order valence-electron chi connectivity index (χ0n) is 14.1. The van der Waals surface area contributed by atoms with Crippen molar-refractivity contribution in [3.63, 3.8) is 0 Å². The summed E-state index contributed by atoms with van der Waals surface area (Å²) in [5.41, 5.74) is 7.32. The van der Waals surface area contributed by atoms with Crippen LogP contribution in [0, 0.1) is 6.92 Å². The minimum atomic E-state index is -0.662. The maximum absolute atomic E-state index is 12.5. The van der Waals surface area contributed by atoms with Crippen LogP contribution in [0.2, 0.25) is 0 Å². The Bertz CT molecular complexity index is 820. The average molecular weight is 361 g/mol. The molecule has 1 aromatic carbocycles. The number of amides is 2. The van der Waals surface area contributed by atoms with E-state index in [4.69, 9.17) is 10.5 Å². The summed E-state index contributed by atoms with van der Waals surface area (Å²) in [5, 5.41) is 11.5. The molecule has 2 heterocycles. The molecule has 0 saturated carbocycles. The van der Waals surface area contributed by atoms with Gasteiger partial charge >= 0.3 is 0 Å². The highest BCUT2D eigenvalue weighted by Gasteiger charge is 2.33. The van der Waals surface area contributed by atoms with E-state index in [1.807, 2.05) is 13.0 Å². The highest BCUT2D eigenvalue weighted by atomic mass is 32.1. The fraction of sp³-hybridized carbons (Fsp3) is 0.375. The second-order valence-electron chi connectivity index (χ2n) is 5.87. The highest BCUT2D eigenvalue weighted by Crippen LogP contribution is 2.35.